The van der Waals surface area contributed by atoms with Crippen LogP contribution in [0.5, 0.6) is 11.5 Å². The Bertz CT molecular complexity index is 358. The Hall–Kier alpha value is -1.26. The van der Waals surface area contributed by atoms with Gasteiger partial charge in [-0.2, -0.15) is 0 Å². The van der Waals surface area contributed by atoms with Crippen molar-refractivity contribution in [3.63, 3.8) is 0 Å². The Balaban J connectivity index is 2.31. The molecule has 0 atom stereocenters. The van der Waals surface area contributed by atoms with Crippen molar-refractivity contribution in [2.75, 3.05) is 26.4 Å². The van der Waals surface area contributed by atoms with Crippen molar-refractivity contribution >= 4 is 0 Å². The van der Waals surface area contributed by atoms with Gasteiger partial charge in [0, 0.05) is 0 Å². The summed E-state index contributed by atoms with van der Waals surface area (Å²) in [5.74, 6) is 1.47. The molecule has 1 aliphatic heterocycles. The first kappa shape index (κ1) is 12.2. The summed E-state index contributed by atoms with van der Waals surface area (Å²) in [5.41, 5.74) is 0.898. The number of rotatable bonds is 5. The van der Waals surface area contributed by atoms with Crippen molar-refractivity contribution < 1.29 is 18.9 Å². The van der Waals surface area contributed by atoms with Gasteiger partial charge in [0.25, 0.3) is 0 Å². The Morgan fingerprint density at radius 1 is 1.12 bits per heavy atom. The zero-order chi connectivity index (χ0) is 12.1. The fourth-order valence-corrected chi connectivity index (χ4v) is 1.82. The van der Waals surface area contributed by atoms with Gasteiger partial charge in [-0.15, -0.1) is 0 Å². The molecule has 0 saturated carbocycles. The lowest BCUT2D eigenvalue weighted by molar-refractivity contribution is -0.0459. The molecular formula is C13H18O4. The fraction of sp³-hybridized carbons (Fsp3) is 0.538. The van der Waals surface area contributed by atoms with Crippen molar-refractivity contribution in [2.24, 2.45) is 0 Å². The summed E-state index contributed by atoms with van der Waals surface area (Å²) in [5, 5.41) is 0. The van der Waals surface area contributed by atoms with E-state index in [4.69, 9.17) is 18.9 Å². The molecule has 4 nitrogen and oxygen atoms in total. The van der Waals surface area contributed by atoms with E-state index in [0.29, 0.717) is 26.4 Å². The van der Waals surface area contributed by atoms with Crippen molar-refractivity contribution in [1.29, 1.82) is 0 Å². The van der Waals surface area contributed by atoms with E-state index < -0.39 is 0 Å². The monoisotopic (exact) mass is 238 g/mol. The van der Waals surface area contributed by atoms with Gasteiger partial charge in [-0.05, 0) is 26.0 Å². The van der Waals surface area contributed by atoms with Crippen molar-refractivity contribution in [3.05, 3.63) is 23.8 Å². The molecule has 0 aromatic heterocycles. The predicted molar refractivity (Wildman–Crippen MR) is 63.4 cm³/mol. The average molecular weight is 238 g/mol. The Kier molecular flexibility index (Phi) is 4.23. The number of para-hydroxylation sites is 1. The molecule has 1 aromatic rings. The van der Waals surface area contributed by atoms with Gasteiger partial charge in [-0.1, -0.05) is 6.07 Å². The predicted octanol–water partition coefficient (Wildman–Crippen LogP) is 2.53. The molecular weight excluding hydrogens is 220 g/mol. The topological polar surface area (TPSA) is 36.9 Å². The zero-order valence-electron chi connectivity index (χ0n) is 10.3. The lowest BCUT2D eigenvalue weighted by Crippen LogP contribution is -2.05. The summed E-state index contributed by atoms with van der Waals surface area (Å²) in [4.78, 5) is 0. The summed E-state index contributed by atoms with van der Waals surface area (Å²) in [6.07, 6.45) is -0.336. The van der Waals surface area contributed by atoms with Crippen LogP contribution in [-0.4, -0.2) is 26.4 Å². The third kappa shape index (κ3) is 2.70. The van der Waals surface area contributed by atoms with Gasteiger partial charge in [0.15, 0.2) is 17.8 Å². The van der Waals surface area contributed by atoms with Crippen molar-refractivity contribution in [1.82, 2.24) is 0 Å². The SMILES string of the molecule is CCOc1cccc(C2OCCO2)c1OCC. The Morgan fingerprint density at radius 2 is 1.82 bits per heavy atom. The maximum Gasteiger partial charge on any atom is 0.187 e. The molecule has 94 valence electrons. The summed E-state index contributed by atoms with van der Waals surface area (Å²) in [6, 6.07) is 5.77. The van der Waals surface area contributed by atoms with Crippen LogP contribution in [0.1, 0.15) is 25.7 Å². The molecule has 0 bridgehead atoms. The summed E-state index contributed by atoms with van der Waals surface area (Å²) >= 11 is 0. The number of hydrogen-bond donors (Lipinski definition) is 0. The van der Waals surface area contributed by atoms with Crippen LogP contribution in [0.3, 0.4) is 0 Å². The van der Waals surface area contributed by atoms with Crippen LogP contribution in [0.4, 0.5) is 0 Å². The standard InChI is InChI=1S/C13H18O4/c1-3-14-11-7-5-6-10(12(11)15-4-2)13-16-8-9-17-13/h5-7,13H,3-4,8-9H2,1-2H3. The maximum atomic E-state index is 5.65. The van der Waals surface area contributed by atoms with Gasteiger partial charge >= 0.3 is 0 Å². The molecule has 1 saturated heterocycles. The molecule has 0 unspecified atom stereocenters. The molecule has 1 aromatic carbocycles. The molecule has 0 aliphatic carbocycles. The second-order valence-electron chi connectivity index (χ2n) is 3.61. The Labute approximate surface area is 101 Å². The summed E-state index contributed by atoms with van der Waals surface area (Å²) in [6.45, 7) is 6.33. The molecule has 1 heterocycles. The highest BCUT2D eigenvalue weighted by molar-refractivity contribution is 5.47. The number of hydrogen-bond acceptors (Lipinski definition) is 4. The normalized spacial score (nSPS) is 16.1. The van der Waals surface area contributed by atoms with E-state index in [9.17, 15) is 0 Å². The smallest absolute Gasteiger partial charge is 0.187 e. The number of ether oxygens (including phenoxy) is 4. The van der Waals surface area contributed by atoms with Crippen LogP contribution >= 0.6 is 0 Å². The first-order valence-corrected chi connectivity index (χ1v) is 5.98. The minimum Gasteiger partial charge on any atom is -0.490 e. The van der Waals surface area contributed by atoms with Crippen LogP contribution in [0.2, 0.25) is 0 Å². The quantitative estimate of drug-likeness (QED) is 0.790. The Morgan fingerprint density at radius 3 is 2.47 bits per heavy atom. The van der Waals surface area contributed by atoms with E-state index in [1.165, 1.54) is 0 Å². The first-order chi connectivity index (χ1) is 8.36. The van der Waals surface area contributed by atoms with Crippen molar-refractivity contribution in [3.8, 4) is 11.5 Å². The third-order valence-electron chi connectivity index (χ3n) is 2.47. The van der Waals surface area contributed by atoms with E-state index >= 15 is 0 Å². The zero-order valence-corrected chi connectivity index (χ0v) is 10.3. The second-order valence-corrected chi connectivity index (χ2v) is 3.61. The third-order valence-corrected chi connectivity index (χ3v) is 2.47. The van der Waals surface area contributed by atoms with E-state index in [1.807, 2.05) is 32.0 Å². The lowest BCUT2D eigenvalue weighted by atomic mass is 10.1. The van der Waals surface area contributed by atoms with Gasteiger partial charge < -0.3 is 18.9 Å². The van der Waals surface area contributed by atoms with Crippen molar-refractivity contribution in [2.45, 2.75) is 20.1 Å². The number of benzene rings is 1. The minimum absolute atomic E-state index is 0.336. The van der Waals surface area contributed by atoms with Crippen LogP contribution < -0.4 is 9.47 Å². The van der Waals surface area contributed by atoms with Crippen LogP contribution in [0.25, 0.3) is 0 Å². The van der Waals surface area contributed by atoms with E-state index in [-0.39, 0.29) is 6.29 Å². The maximum absolute atomic E-state index is 5.65. The first-order valence-electron chi connectivity index (χ1n) is 5.98. The lowest BCUT2D eigenvalue weighted by Gasteiger charge is -2.17. The van der Waals surface area contributed by atoms with Gasteiger partial charge in [-0.25, -0.2) is 0 Å². The van der Waals surface area contributed by atoms with Crippen LogP contribution in [0.15, 0.2) is 18.2 Å². The summed E-state index contributed by atoms with van der Waals surface area (Å²) in [7, 11) is 0. The molecule has 0 radical (unpaired) electrons. The molecule has 17 heavy (non-hydrogen) atoms. The molecule has 0 amide bonds. The highest BCUT2D eigenvalue weighted by atomic mass is 16.7. The molecule has 2 rings (SSSR count). The molecule has 1 fully saturated rings. The molecule has 4 heteroatoms. The minimum atomic E-state index is -0.336. The largest absolute Gasteiger partial charge is 0.490 e. The highest BCUT2D eigenvalue weighted by Gasteiger charge is 2.24. The van der Waals surface area contributed by atoms with E-state index in [1.54, 1.807) is 0 Å². The van der Waals surface area contributed by atoms with E-state index in [0.717, 1.165) is 17.1 Å². The molecule has 0 N–H and O–H groups in total. The van der Waals surface area contributed by atoms with Crippen LogP contribution in [-0.2, 0) is 9.47 Å². The highest BCUT2D eigenvalue weighted by Crippen LogP contribution is 2.38. The van der Waals surface area contributed by atoms with Crippen LogP contribution in [0, 0.1) is 0 Å². The summed E-state index contributed by atoms with van der Waals surface area (Å²) < 4.78 is 22.2. The fourth-order valence-electron chi connectivity index (χ4n) is 1.82. The van der Waals surface area contributed by atoms with Gasteiger partial charge in [0.2, 0.25) is 0 Å². The van der Waals surface area contributed by atoms with E-state index in [2.05, 4.69) is 0 Å². The second kappa shape index (κ2) is 5.89. The molecule has 1 aliphatic rings. The van der Waals surface area contributed by atoms with Gasteiger partial charge in [-0.3, -0.25) is 0 Å². The average Bonchev–Trinajstić information content (AvgIpc) is 2.85. The van der Waals surface area contributed by atoms with Gasteiger partial charge in [0.1, 0.15) is 0 Å². The van der Waals surface area contributed by atoms with Gasteiger partial charge in [0.05, 0.1) is 32.0 Å². The molecule has 0 spiro atoms.